The van der Waals surface area contributed by atoms with Gasteiger partial charge in [-0.25, -0.2) is 4.79 Å². The highest BCUT2D eigenvalue weighted by atomic mass is 16.4. The molecule has 1 fully saturated rings. The normalized spacial score (nSPS) is 22.1. The van der Waals surface area contributed by atoms with Crippen molar-refractivity contribution in [1.29, 1.82) is 0 Å². The average Bonchev–Trinajstić information content (AvgIpc) is 2.53. The molecule has 0 saturated carbocycles. The molecule has 0 aromatic heterocycles. The van der Waals surface area contributed by atoms with Crippen LogP contribution in [0, 0.1) is 5.41 Å². The predicted octanol–water partition coefficient (Wildman–Crippen LogP) is 0.387. The van der Waals surface area contributed by atoms with Gasteiger partial charge in [-0.05, 0) is 19.8 Å². The van der Waals surface area contributed by atoms with Crippen molar-refractivity contribution in [2.24, 2.45) is 5.41 Å². The number of carboxylic acid groups (broad SMARTS) is 1. The first kappa shape index (κ1) is 14.6. The lowest BCUT2D eigenvalue weighted by Crippen LogP contribution is -2.49. The zero-order valence-corrected chi connectivity index (χ0v) is 10.9. The lowest BCUT2D eigenvalue weighted by Gasteiger charge is -2.27. The van der Waals surface area contributed by atoms with Crippen molar-refractivity contribution < 1.29 is 24.6 Å². The van der Waals surface area contributed by atoms with E-state index in [-0.39, 0.29) is 12.3 Å². The minimum atomic E-state index is -2.11. The standard InChI is InChI=1S/C12H19NO5/c1-4-12(5-2)6-8(14)13(9(12)15)7-11(3,18)10(16)17/h18H,4-7H2,1-3H3,(H,16,17). The maximum atomic E-state index is 12.2. The number of hydrogen-bond acceptors (Lipinski definition) is 4. The average molecular weight is 257 g/mol. The second kappa shape index (κ2) is 4.68. The minimum absolute atomic E-state index is 0.0918. The van der Waals surface area contributed by atoms with Crippen molar-refractivity contribution in [3.8, 4) is 0 Å². The summed E-state index contributed by atoms with van der Waals surface area (Å²) in [5.74, 6) is -2.24. The van der Waals surface area contributed by atoms with Crippen LogP contribution in [0.2, 0.25) is 0 Å². The van der Waals surface area contributed by atoms with Gasteiger partial charge in [-0.1, -0.05) is 13.8 Å². The van der Waals surface area contributed by atoms with Crippen molar-refractivity contribution >= 4 is 17.8 Å². The second-order valence-corrected chi connectivity index (χ2v) is 5.03. The number of β-amino-alcohol motifs (C(OH)–C–C–N with tert-alkyl or cyclic N) is 1. The van der Waals surface area contributed by atoms with E-state index in [1.807, 2.05) is 13.8 Å². The number of carboxylic acids is 1. The summed E-state index contributed by atoms with van der Waals surface area (Å²) in [5, 5.41) is 18.5. The van der Waals surface area contributed by atoms with Gasteiger partial charge >= 0.3 is 5.97 Å². The van der Waals surface area contributed by atoms with Crippen molar-refractivity contribution in [2.45, 2.75) is 45.6 Å². The van der Waals surface area contributed by atoms with E-state index in [9.17, 15) is 19.5 Å². The van der Waals surface area contributed by atoms with Gasteiger partial charge in [0.15, 0.2) is 5.60 Å². The third-order valence-electron chi connectivity index (χ3n) is 3.77. The third kappa shape index (κ3) is 2.25. The Bertz CT molecular complexity index is 384. The summed E-state index contributed by atoms with van der Waals surface area (Å²) in [6, 6.07) is 0. The fourth-order valence-corrected chi connectivity index (χ4v) is 2.20. The van der Waals surface area contributed by atoms with E-state index in [4.69, 9.17) is 5.11 Å². The molecule has 6 heteroatoms. The Morgan fingerprint density at radius 1 is 1.39 bits per heavy atom. The molecule has 1 atom stereocenters. The number of nitrogens with zero attached hydrogens (tertiary/aromatic N) is 1. The lowest BCUT2D eigenvalue weighted by atomic mass is 9.81. The first-order valence-electron chi connectivity index (χ1n) is 6.01. The summed E-state index contributed by atoms with van der Waals surface area (Å²) in [7, 11) is 0. The molecular formula is C12H19NO5. The third-order valence-corrected chi connectivity index (χ3v) is 3.77. The smallest absolute Gasteiger partial charge is 0.337 e. The van der Waals surface area contributed by atoms with Crippen LogP contribution in [0.25, 0.3) is 0 Å². The Morgan fingerprint density at radius 3 is 2.22 bits per heavy atom. The van der Waals surface area contributed by atoms with Crippen LogP contribution in [0.3, 0.4) is 0 Å². The van der Waals surface area contributed by atoms with Crippen LogP contribution in [0.1, 0.15) is 40.0 Å². The van der Waals surface area contributed by atoms with Crippen molar-refractivity contribution in [1.82, 2.24) is 4.90 Å². The molecule has 2 amide bonds. The molecule has 18 heavy (non-hydrogen) atoms. The van der Waals surface area contributed by atoms with Gasteiger partial charge in [-0.15, -0.1) is 0 Å². The van der Waals surface area contributed by atoms with Gasteiger partial charge < -0.3 is 10.2 Å². The summed E-state index contributed by atoms with van der Waals surface area (Å²) in [6.45, 7) is 4.23. The largest absolute Gasteiger partial charge is 0.479 e. The summed E-state index contributed by atoms with van der Waals surface area (Å²) < 4.78 is 0. The molecule has 1 rings (SSSR count). The van der Waals surface area contributed by atoms with Gasteiger partial charge in [-0.3, -0.25) is 14.5 Å². The number of carbonyl (C=O) groups excluding carboxylic acids is 2. The number of aliphatic hydroxyl groups is 1. The van der Waals surface area contributed by atoms with Crippen LogP contribution in [-0.4, -0.2) is 45.0 Å². The molecule has 1 aliphatic rings. The van der Waals surface area contributed by atoms with Crippen LogP contribution >= 0.6 is 0 Å². The van der Waals surface area contributed by atoms with E-state index in [0.29, 0.717) is 12.8 Å². The first-order chi connectivity index (χ1) is 8.20. The Balaban J connectivity index is 2.96. The number of carbonyl (C=O) groups is 3. The van der Waals surface area contributed by atoms with E-state index in [2.05, 4.69) is 0 Å². The monoisotopic (exact) mass is 257 g/mol. The lowest BCUT2D eigenvalue weighted by molar-refractivity contribution is -0.161. The number of aliphatic carboxylic acids is 1. The molecule has 1 saturated heterocycles. The van der Waals surface area contributed by atoms with Crippen LogP contribution in [0.4, 0.5) is 0 Å². The highest BCUT2D eigenvalue weighted by molar-refractivity contribution is 6.06. The SMILES string of the molecule is CCC1(CC)CC(=O)N(CC(C)(O)C(=O)O)C1=O. The van der Waals surface area contributed by atoms with E-state index >= 15 is 0 Å². The first-order valence-corrected chi connectivity index (χ1v) is 6.01. The fourth-order valence-electron chi connectivity index (χ4n) is 2.20. The molecule has 0 radical (unpaired) electrons. The van der Waals surface area contributed by atoms with Crippen LogP contribution in [0.15, 0.2) is 0 Å². The molecule has 0 aromatic rings. The quantitative estimate of drug-likeness (QED) is 0.694. The number of rotatable bonds is 5. The Morgan fingerprint density at radius 2 is 1.89 bits per heavy atom. The maximum absolute atomic E-state index is 12.2. The number of likely N-dealkylation sites (tertiary alicyclic amines) is 1. The summed E-state index contributed by atoms with van der Waals surface area (Å²) in [6.07, 6.45) is 1.15. The number of imide groups is 1. The van der Waals surface area contributed by atoms with Crippen molar-refractivity contribution in [2.75, 3.05) is 6.54 Å². The molecule has 2 N–H and O–H groups in total. The fraction of sp³-hybridized carbons (Fsp3) is 0.750. The van der Waals surface area contributed by atoms with Gasteiger partial charge in [0.2, 0.25) is 11.8 Å². The molecule has 1 aliphatic heterocycles. The number of amides is 2. The zero-order valence-electron chi connectivity index (χ0n) is 10.9. The maximum Gasteiger partial charge on any atom is 0.337 e. The van der Waals surface area contributed by atoms with Gasteiger partial charge in [0, 0.05) is 6.42 Å². The van der Waals surface area contributed by atoms with Crippen molar-refractivity contribution in [3.63, 3.8) is 0 Å². The Kier molecular flexibility index (Phi) is 3.81. The van der Waals surface area contributed by atoms with Crippen molar-refractivity contribution in [3.05, 3.63) is 0 Å². The molecule has 6 nitrogen and oxygen atoms in total. The summed E-state index contributed by atoms with van der Waals surface area (Å²) in [4.78, 5) is 35.7. The Hall–Kier alpha value is -1.43. The predicted molar refractivity (Wildman–Crippen MR) is 62.6 cm³/mol. The summed E-state index contributed by atoms with van der Waals surface area (Å²) >= 11 is 0. The summed E-state index contributed by atoms with van der Waals surface area (Å²) in [5.41, 5.74) is -2.84. The van der Waals surface area contributed by atoms with Gasteiger partial charge in [0.1, 0.15) is 0 Å². The van der Waals surface area contributed by atoms with E-state index in [1.54, 1.807) is 0 Å². The van der Waals surface area contributed by atoms with Gasteiger partial charge in [-0.2, -0.15) is 0 Å². The van der Waals surface area contributed by atoms with Crippen LogP contribution < -0.4 is 0 Å². The highest BCUT2D eigenvalue weighted by Gasteiger charge is 2.51. The molecule has 0 spiro atoms. The van der Waals surface area contributed by atoms with E-state index in [0.717, 1.165) is 11.8 Å². The molecule has 0 aliphatic carbocycles. The van der Waals surface area contributed by atoms with Crippen LogP contribution in [-0.2, 0) is 14.4 Å². The highest BCUT2D eigenvalue weighted by Crippen LogP contribution is 2.39. The number of hydrogen-bond donors (Lipinski definition) is 2. The molecular weight excluding hydrogens is 238 g/mol. The minimum Gasteiger partial charge on any atom is -0.479 e. The zero-order chi connectivity index (χ0) is 14.1. The molecule has 1 unspecified atom stereocenters. The second-order valence-electron chi connectivity index (χ2n) is 5.03. The Labute approximate surface area is 106 Å². The topological polar surface area (TPSA) is 94.9 Å². The van der Waals surface area contributed by atoms with Gasteiger partial charge in [0.05, 0.1) is 12.0 Å². The van der Waals surface area contributed by atoms with E-state index in [1.165, 1.54) is 0 Å². The van der Waals surface area contributed by atoms with E-state index < -0.39 is 29.4 Å². The molecule has 0 aromatic carbocycles. The molecule has 0 bridgehead atoms. The van der Waals surface area contributed by atoms with Gasteiger partial charge in [0.25, 0.3) is 0 Å². The van der Waals surface area contributed by atoms with Crippen LogP contribution in [0.5, 0.6) is 0 Å². The molecule has 102 valence electrons. The molecule has 1 heterocycles.